The molecule has 3 rings (SSSR count). The zero-order valence-corrected chi connectivity index (χ0v) is 21.2. The highest BCUT2D eigenvalue weighted by atomic mass is 32.2. The van der Waals surface area contributed by atoms with Crippen LogP contribution in [-0.4, -0.2) is 61.7 Å². The van der Waals surface area contributed by atoms with E-state index < -0.39 is 11.9 Å². The SMILES string of the molecule is CC(C)N(CCSC(=O)N1c2ccccc2Sc2cccnc21)C(C)C.O=C(O)/C=C\C(=O)O. The van der Waals surface area contributed by atoms with E-state index in [4.69, 9.17) is 10.2 Å². The van der Waals surface area contributed by atoms with E-state index in [1.165, 1.54) is 11.8 Å². The Morgan fingerprint density at radius 3 is 2.18 bits per heavy atom. The third-order valence-corrected chi connectivity index (χ3v) is 6.66. The highest BCUT2D eigenvalue weighted by Gasteiger charge is 2.29. The van der Waals surface area contributed by atoms with Gasteiger partial charge in [-0.15, -0.1) is 0 Å². The van der Waals surface area contributed by atoms with Gasteiger partial charge in [0.05, 0.1) is 10.6 Å². The molecule has 1 aromatic heterocycles. The summed E-state index contributed by atoms with van der Waals surface area (Å²) >= 11 is 3.04. The maximum absolute atomic E-state index is 13.1. The molecule has 0 unspecified atom stereocenters. The number of rotatable bonds is 7. The smallest absolute Gasteiger partial charge is 0.328 e. The van der Waals surface area contributed by atoms with Crippen molar-refractivity contribution in [1.29, 1.82) is 0 Å². The molecule has 2 N–H and O–H groups in total. The number of hydrogen-bond donors (Lipinski definition) is 2. The Labute approximate surface area is 208 Å². The van der Waals surface area contributed by atoms with Gasteiger partial charge in [0.15, 0.2) is 5.82 Å². The lowest BCUT2D eigenvalue weighted by molar-refractivity contribution is -0.134. The number of thioether (sulfide) groups is 1. The van der Waals surface area contributed by atoms with E-state index >= 15 is 0 Å². The van der Waals surface area contributed by atoms with Crippen molar-refractivity contribution in [1.82, 2.24) is 9.88 Å². The van der Waals surface area contributed by atoms with E-state index in [2.05, 4.69) is 43.6 Å². The fourth-order valence-electron chi connectivity index (χ4n) is 3.33. The number of carboxylic acid groups (broad SMARTS) is 2. The summed E-state index contributed by atoms with van der Waals surface area (Å²) in [4.78, 5) is 42.9. The van der Waals surface area contributed by atoms with E-state index in [1.807, 2.05) is 30.3 Å². The first-order valence-electron chi connectivity index (χ1n) is 10.7. The number of benzene rings is 1. The van der Waals surface area contributed by atoms with Crippen molar-refractivity contribution in [2.45, 2.75) is 49.6 Å². The van der Waals surface area contributed by atoms with Gasteiger partial charge in [-0.2, -0.15) is 0 Å². The molecule has 2 heterocycles. The highest BCUT2D eigenvalue weighted by molar-refractivity contribution is 8.14. The van der Waals surface area contributed by atoms with Crippen molar-refractivity contribution in [3.63, 3.8) is 0 Å². The lowest BCUT2D eigenvalue weighted by Gasteiger charge is -2.31. The van der Waals surface area contributed by atoms with Gasteiger partial charge in [-0.05, 0) is 52.0 Å². The van der Waals surface area contributed by atoms with Crippen LogP contribution in [-0.2, 0) is 9.59 Å². The normalized spacial score (nSPS) is 12.4. The summed E-state index contributed by atoms with van der Waals surface area (Å²) in [5, 5.41) is 15.7. The lowest BCUT2D eigenvalue weighted by Crippen LogP contribution is -2.39. The highest BCUT2D eigenvalue weighted by Crippen LogP contribution is 2.47. The van der Waals surface area contributed by atoms with Gasteiger partial charge >= 0.3 is 11.9 Å². The summed E-state index contributed by atoms with van der Waals surface area (Å²) in [5.41, 5.74) is 0.922. The molecule has 8 nitrogen and oxygen atoms in total. The molecule has 1 aliphatic rings. The predicted molar refractivity (Wildman–Crippen MR) is 136 cm³/mol. The van der Waals surface area contributed by atoms with Crippen molar-refractivity contribution in [3.8, 4) is 0 Å². The molecule has 0 fully saturated rings. The van der Waals surface area contributed by atoms with Gasteiger partial charge in [-0.3, -0.25) is 14.6 Å². The second-order valence-electron chi connectivity index (χ2n) is 7.78. The van der Waals surface area contributed by atoms with Gasteiger partial charge in [0.1, 0.15) is 0 Å². The largest absolute Gasteiger partial charge is 0.478 e. The first-order valence-corrected chi connectivity index (χ1v) is 12.5. The molecule has 0 bridgehead atoms. The maximum atomic E-state index is 13.1. The summed E-state index contributed by atoms with van der Waals surface area (Å²) in [6.45, 7) is 9.69. The number of nitrogens with zero attached hydrogens (tertiary/aromatic N) is 3. The van der Waals surface area contributed by atoms with E-state index in [9.17, 15) is 14.4 Å². The number of fused-ring (bicyclic) bond motifs is 2. The summed E-state index contributed by atoms with van der Waals surface area (Å²) in [6, 6.07) is 12.9. The average Bonchev–Trinajstić information content (AvgIpc) is 2.78. The number of amides is 1. The molecule has 0 radical (unpaired) electrons. The Balaban J connectivity index is 0.000000440. The van der Waals surface area contributed by atoms with Crippen LogP contribution in [0.25, 0.3) is 0 Å². The van der Waals surface area contributed by atoms with Gasteiger partial charge in [0, 0.05) is 47.6 Å². The number of aliphatic carboxylic acids is 2. The zero-order chi connectivity index (χ0) is 25.3. The molecule has 10 heteroatoms. The Morgan fingerprint density at radius 2 is 1.59 bits per heavy atom. The van der Waals surface area contributed by atoms with Gasteiger partial charge in [0.2, 0.25) is 0 Å². The number of carbonyl (C=O) groups is 3. The molecular weight excluding hydrogens is 474 g/mol. The van der Waals surface area contributed by atoms with E-state index in [1.54, 1.807) is 22.9 Å². The third kappa shape index (κ3) is 7.89. The lowest BCUT2D eigenvalue weighted by atomic mass is 10.2. The van der Waals surface area contributed by atoms with Crippen LogP contribution in [0.1, 0.15) is 27.7 Å². The van der Waals surface area contributed by atoms with Gasteiger partial charge in [-0.1, -0.05) is 35.7 Å². The summed E-state index contributed by atoms with van der Waals surface area (Å²) in [5.74, 6) is -1.01. The molecule has 0 aliphatic carbocycles. The Kier molecular flexibility index (Phi) is 10.6. The standard InChI is InChI=1S/C20H25N3OS2.C4H4O4/c1-14(2)22(15(3)4)12-13-25-20(24)23-16-8-5-6-9-17(16)26-18-10-7-11-21-19(18)23;5-3(6)1-2-4(7)8/h5-11,14-15H,12-13H2,1-4H3;1-2H,(H,5,6)(H,7,8)/b;2-1-. The number of para-hydroxylation sites is 1. The third-order valence-electron chi connectivity index (χ3n) is 4.74. The van der Waals surface area contributed by atoms with Crippen LogP contribution in [0.15, 0.2) is 64.5 Å². The molecule has 0 saturated heterocycles. The van der Waals surface area contributed by atoms with Crippen molar-refractivity contribution in [2.24, 2.45) is 0 Å². The Bertz CT molecular complexity index is 973. The maximum Gasteiger partial charge on any atom is 0.328 e. The molecule has 182 valence electrons. The molecule has 1 amide bonds. The minimum atomic E-state index is -1.26. The van der Waals surface area contributed by atoms with Crippen LogP contribution in [0, 0.1) is 0 Å². The first kappa shape index (κ1) is 27.4. The number of carboxylic acids is 2. The van der Waals surface area contributed by atoms with Crippen molar-refractivity contribution < 1.29 is 24.6 Å². The predicted octanol–water partition coefficient (Wildman–Crippen LogP) is 5.37. The van der Waals surface area contributed by atoms with Crippen molar-refractivity contribution in [2.75, 3.05) is 17.2 Å². The van der Waals surface area contributed by atoms with Crippen LogP contribution in [0.2, 0.25) is 0 Å². The fraction of sp³-hybridized carbons (Fsp3) is 0.333. The van der Waals surface area contributed by atoms with Gasteiger partial charge in [-0.25, -0.2) is 14.6 Å². The molecule has 0 atom stereocenters. The molecule has 1 aromatic carbocycles. The fourth-order valence-corrected chi connectivity index (χ4v) is 5.15. The second kappa shape index (κ2) is 13.2. The first-order chi connectivity index (χ1) is 16.1. The molecule has 0 spiro atoms. The second-order valence-corrected chi connectivity index (χ2v) is 9.91. The van der Waals surface area contributed by atoms with Gasteiger partial charge in [0.25, 0.3) is 5.24 Å². The average molecular weight is 504 g/mol. The van der Waals surface area contributed by atoms with Crippen LogP contribution >= 0.6 is 23.5 Å². The molecule has 34 heavy (non-hydrogen) atoms. The quantitative estimate of drug-likeness (QED) is 0.482. The zero-order valence-electron chi connectivity index (χ0n) is 19.5. The van der Waals surface area contributed by atoms with E-state index in [0.717, 1.165) is 33.6 Å². The van der Waals surface area contributed by atoms with E-state index in [-0.39, 0.29) is 5.24 Å². The molecule has 2 aromatic rings. The summed E-state index contributed by atoms with van der Waals surface area (Å²) in [7, 11) is 0. The minimum Gasteiger partial charge on any atom is -0.478 e. The topological polar surface area (TPSA) is 111 Å². The number of aromatic nitrogens is 1. The monoisotopic (exact) mass is 503 g/mol. The van der Waals surface area contributed by atoms with Crippen molar-refractivity contribution in [3.05, 3.63) is 54.7 Å². The van der Waals surface area contributed by atoms with Crippen LogP contribution in [0.4, 0.5) is 16.3 Å². The molecular formula is C24H29N3O5S2. The summed E-state index contributed by atoms with van der Waals surface area (Å²) < 4.78 is 0. The molecule has 0 saturated carbocycles. The minimum absolute atomic E-state index is 0.0326. The van der Waals surface area contributed by atoms with Gasteiger partial charge < -0.3 is 10.2 Å². The van der Waals surface area contributed by atoms with Crippen LogP contribution in [0.3, 0.4) is 0 Å². The molecule has 1 aliphatic heterocycles. The summed E-state index contributed by atoms with van der Waals surface area (Å²) in [6.07, 6.45) is 2.86. The number of anilines is 2. The number of pyridine rings is 1. The Hall–Kier alpha value is -2.82. The van der Waals surface area contributed by atoms with Crippen LogP contribution < -0.4 is 4.90 Å². The number of hydrogen-bond acceptors (Lipinski definition) is 7. The number of carbonyl (C=O) groups excluding carboxylic acids is 1. The van der Waals surface area contributed by atoms with E-state index in [0.29, 0.717) is 24.2 Å². The van der Waals surface area contributed by atoms with Crippen molar-refractivity contribution >= 4 is 52.2 Å². The Morgan fingerprint density at radius 1 is 1.00 bits per heavy atom. The van der Waals surface area contributed by atoms with Crippen LogP contribution in [0.5, 0.6) is 0 Å².